The summed E-state index contributed by atoms with van der Waals surface area (Å²) < 4.78 is 0. The minimum Gasteiger partial charge on any atom is -0.264 e. The minimum atomic E-state index is 0.920. The van der Waals surface area contributed by atoms with E-state index in [0.29, 0.717) is 0 Å². The zero-order valence-electron chi connectivity index (χ0n) is 12.5. The van der Waals surface area contributed by atoms with Crippen molar-refractivity contribution in [2.45, 2.75) is 22.6 Å². The second kappa shape index (κ2) is 7.21. The lowest BCUT2D eigenvalue weighted by Gasteiger charge is -2.16. The molecule has 0 fully saturated rings. The zero-order chi connectivity index (χ0) is 15.4. The Hall–Kier alpha value is -1.45. The number of nitrogens with zero attached hydrogens (tertiary/aromatic N) is 1. The van der Waals surface area contributed by atoms with Crippen LogP contribution >= 0.6 is 23.5 Å². The van der Waals surface area contributed by atoms with Crippen LogP contribution in [0, 0.1) is 0 Å². The highest BCUT2D eigenvalue weighted by Crippen LogP contribution is 2.38. The van der Waals surface area contributed by atoms with E-state index in [-0.39, 0.29) is 0 Å². The van der Waals surface area contributed by atoms with Crippen molar-refractivity contribution in [1.29, 1.82) is 0 Å². The molecular weight excluding hydrogens is 306 g/mol. The summed E-state index contributed by atoms with van der Waals surface area (Å²) in [4.78, 5) is 6.96. The largest absolute Gasteiger partial charge is 0.264 e. The zero-order valence-corrected chi connectivity index (χ0v) is 14.2. The van der Waals surface area contributed by atoms with Crippen molar-refractivity contribution in [3.05, 3.63) is 67.0 Å². The second-order valence-corrected chi connectivity index (χ2v) is 7.58. The summed E-state index contributed by atoms with van der Waals surface area (Å²) >= 11 is 3.91. The summed E-state index contributed by atoms with van der Waals surface area (Å²) in [7, 11) is 0. The first-order valence-electron chi connectivity index (χ1n) is 7.40. The van der Waals surface area contributed by atoms with Gasteiger partial charge >= 0.3 is 0 Å². The van der Waals surface area contributed by atoms with Gasteiger partial charge in [0.05, 0.1) is 0 Å². The van der Waals surface area contributed by atoms with Crippen LogP contribution in [0.2, 0.25) is 0 Å². The molecule has 1 nitrogen and oxygen atoms in total. The molecule has 2 aromatic rings. The van der Waals surface area contributed by atoms with Gasteiger partial charge in [-0.1, -0.05) is 25.3 Å². The fraction of sp³-hybridized carbons (Fsp3) is 0.211. The van der Waals surface area contributed by atoms with Crippen molar-refractivity contribution in [3.63, 3.8) is 0 Å². The average molecular weight is 326 g/mol. The molecule has 3 heteroatoms. The highest BCUT2D eigenvalue weighted by Gasteiger charge is 2.12. The smallest absolute Gasteiger partial charge is 0.0342 e. The van der Waals surface area contributed by atoms with Crippen LogP contribution in [-0.2, 0) is 0 Å². The van der Waals surface area contributed by atoms with Crippen LogP contribution in [0.15, 0.2) is 65.7 Å². The third-order valence-corrected chi connectivity index (χ3v) is 6.27. The number of hydrogen-bond donors (Lipinski definition) is 0. The predicted molar refractivity (Wildman–Crippen MR) is 99.4 cm³/mol. The van der Waals surface area contributed by atoms with Gasteiger partial charge in [-0.25, -0.2) is 0 Å². The van der Waals surface area contributed by atoms with Crippen molar-refractivity contribution < 1.29 is 0 Å². The predicted octanol–water partition coefficient (Wildman–Crippen LogP) is 5.79. The van der Waals surface area contributed by atoms with Crippen molar-refractivity contribution in [1.82, 2.24) is 4.98 Å². The van der Waals surface area contributed by atoms with Gasteiger partial charge in [0.2, 0.25) is 0 Å². The van der Waals surface area contributed by atoms with Gasteiger partial charge in [0, 0.05) is 33.7 Å². The Morgan fingerprint density at radius 1 is 0.955 bits per heavy atom. The molecule has 0 bridgehead atoms. The van der Waals surface area contributed by atoms with Gasteiger partial charge < -0.3 is 0 Å². The molecule has 0 radical (unpaired) electrons. The van der Waals surface area contributed by atoms with E-state index in [1.54, 1.807) is 6.20 Å². The normalized spacial score (nSPS) is 13.5. The first-order chi connectivity index (χ1) is 10.7. The first kappa shape index (κ1) is 15.4. The number of rotatable bonds is 5. The Kier molecular flexibility index (Phi) is 5.06. The second-order valence-electron chi connectivity index (χ2n) is 5.31. The molecule has 0 spiro atoms. The summed E-state index contributed by atoms with van der Waals surface area (Å²) in [6.45, 7) is 8.44. The molecule has 0 atom stereocenters. The van der Waals surface area contributed by atoms with Crippen LogP contribution in [-0.4, -0.2) is 16.5 Å². The molecule has 22 heavy (non-hydrogen) atoms. The third kappa shape index (κ3) is 3.65. The van der Waals surface area contributed by atoms with Gasteiger partial charge in [-0.3, -0.25) is 4.98 Å². The van der Waals surface area contributed by atoms with Crippen LogP contribution in [0.4, 0.5) is 0 Å². The minimum absolute atomic E-state index is 0.920. The maximum Gasteiger partial charge on any atom is 0.0342 e. The fourth-order valence-corrected chi connectivity index (χ4v) is 4.67. The van der Waals surface area contributed by atoms with E-state index in [0.717, 1.165) is 24.0 Å². The Bertz CT molecular complexity index is 692. The molecule has 1 aliphatic heterocycles. The number of fused-ring (bicyclic) bond motifs is 1. The van der Waals surface area contributed by atoms with Crippen molar-refractivity contribution in [3.8, 4) is 0 Å². The van der Waals surface area contributed by atoms with Crippen LogP contribution in [0.1, 0.15) is 24.0 Å². The Balaban J connectivity index is 1.64. The summed E-state index contributed by atoms with van der Waals surface area (Å²) in [5.41, 5.74) is 4.68. The van der Waals surface area contributed by atoms with Crippen molar-refractivity contribution in [2.75, 3.05) is 11.5 Å². The Labute approximate surface area is 140 Å². The number of pyridine rings is 1. The summed E-state index contributed by atoms with van der Waals surface area (Å²) in [5.74, 6) is 2.41. The van der Waals surface area contributed by atoms with Crippen LogP contribution in [0.3, 0.4) is 0 Å². The molecule has 0 aliphatic carbocycles. The van der Waals surface area contributed by atoms with Gasteiger partial charge in [-0.15, -0.1) is 23.5 Å². The SMILES string of the molecule is C=C(CCC(=C)c1ccc2c(c1)SCCS2)c1cccnc1. The van der Waals surface area contributed by atoms with Crippen molar-refractivity contribution >= 4 is 34.7 Å². The van der Waals surface area contributed by atoms with Gasteiger partial charge in [-0.2, -0.15) is 0 Å². The number of hydrogen-bond acceptors (Lipinski definition) is 3. The van der Waals surface area contributed by atoms with Gasteiger partial charge in [0.1, 0.15) is 0 Å². The molecule has 0 unspecified atom stereocenters. The molecule has 0 saturated heterocycles. The maximum atomic E-state index is 4.27. The van der Waals surface area contributed by atoms with Gasteiger partial charge in [0.25, 0.3) is 0 Å². The number of benzene rings is 1. The van der Waals surface area contributed by atoms with Crippen LogP contribution in [0.25, 0.3) is 11.1 Å². The molecule has 1 aliphatic rings. The molecule has 0 N–H and O–H groups in total. The lowest BCUT2D eigenvalue weighted by molar-refractivity contribution is 1.08. The molecule has 3 rings (SSSR count). The number of thioether (sulfide) groups is 2. The third-order valence-electron chi connectivity index (χ3n) is 3.75. The summed E-state index contributed by atoms with van der Waals surface area (Å²) in [6, 6.07) is 10.7. The Morgan fingerprint density at radius 3 is 2.41 bits per heavy atom. The highest BCUT2D eigenvalue weighted by molar-refractivity contribution is 8.05. The summed E-state index contributed by atoms with van der Waals surface area (Å²) in [6.07, 6.45) is 5.52. The lowest BCUT2D eigenvalue weighted by atomic mass is 9.98. The van der Waals surface area contributed by atoms with Crippen LogP contribution in [0.5, 0.6) is 0 Å². The molecule has 0 saturated carbocycles. The molecule has 1 aromatic heterocycles. The van der Waals surface area contributed by atoms with E-state index >= 15 is 0 Å². The molecule has 112 valence electrons. The first-order valence-corrected chi connectivity index (χ1v) is 9.37. The number of allylic oxidation sites excluding steroid dienone is 2. The van der Waals surface area contributed by atoms with Crippen molar-refractivity contribution in [2.24, 2.45) is 0 Å². The van der Waals surface area contributed by atoms with Crippen LogP contribution < -0.4 is 0 Å². The monoisotopic (exact) mass is 325 g/mol. The quantitative estimate of drug-likeness (QED) is 0.691. The van der Waals surface area contributed by atoms with E-state index in [1.165, 1.54) is 32.4 Å². The fourth-order valence-electron chi connectivity index (χ4n) is 2.43. The summed E-state index contributed by atoms with van der Waals surface area (Å²) in [5, 5.41) is 0. The van der Waals surface area contributed by atoms with E-state index in [2.05, 4.69) is 42.4 Å². The highest BCUT2D eigenvalue weighted by atomic mass is 32.2. The molecule has 2 heterocycles. The number of aromatic nitrogens is 1. The van der Waals surface area contributed by atoms with E-state index < -0.39 is 0 Å². The van der Waals surface area contributed by atoms with Gasteiger partial charge in [-0.05, 0) is 53.3 Å². The standard InChI is InChI=1S/C19H19NS2/c1-14(5-6-15(2)17-4-3-9-20-13-17)16-7-8-18-19(12-16)22-11-10-21-18/h3-4,7-9,12-13H,1-2,5-6,10-11H2. The average Bonchev–Trinajstić information content (AvgIpc) is 2.59. The van der Waals surface area contributed by atoms with E-state index in [9.17, 15) is 0 Å². The molecule has 1 aromatic carbocycles. The lowest BCUT2D eigenvalue weighted by Crippen LogP contribution is -1.95. The molecular formula is C19H19NS2. The van der Waals surface area contributed by atoms with E-state index in [4.69, 9.17) is 0 Å². The van der Waals surface area contributed by atoms with E-state index in [1.807, 2.05) is 35.8 Å². The Morgan fingerprint density at radius 2 is 1.68 bits per heavy atom. The van der Waals surface area contributed by atoms with Gasteiger partial charge in [0.15, 0.2) is 0 Å². The maximum absolute atomic E-state index is 4.27. The topological polar surface area (TPSA) is 12.9 Å². The molecule has 0 amide bonds.